The molecule has 3 aromatic heterocycles. The molecule has 0 saturated carbocycles. The van der Waals surface area contributed by atoms with E-state index in [0.29, 0.717) is 11.1 Å². The van der Waals surface area contributed by atoms with E-state index in [1.165, 1.54) is 21.5 Å². The van der Waals surface area contributed by atoms with Gasteiger partial charge >= 0.3 is 0 Å². The number of nitriles is 2. The zero-order valence-electron chi connectivity index (χ0n) is 29.5. The van der Waals surface area contributed by atoms with E-state index >= 15 is 0 Å². The number of benzene rings is 8. The highest BCUT2D eigenvalue weighted by molar-refractivity contribution is 6.15. The number of rotatable bonds is 4. The molecule has 0 unspecified atom stereocenters. The molecule has 0 N–H and O–H groups in total. The summed E-state index contributed by atoms with van der Waals surface area (Å²) < 4.78 is 6.89. The molecule has 0 amide bonds. The molecular formula is C50H29N5. The van der Waals surface area contributed by atoms with Crippen molar-refractivity contribution in [1.82, 2.24) is 13.7 Å². The van der Waals surface area contributed by atoms with Gasteiger partial charge in [-0.3, -0.25) is 0 Å². The van der Waals surface area contributed by atoms with Gasteiger partial charge in [0.2, 0.25) is 0 Å². The minimum Gasteiger partial charge on any atom is -0.307 e. The van der Waals surface area contributed by atoms with Crippen LogP contribution in [0.4, 0.5) is 0 Å². The van der Waals surface area contributed by atoms with Crippen LogP contribution in [-0.2, 0) is 0 Å². The van der Waals surface area contributed by atoms with E-state index < -0.39 is 0 Å². The molecule has 8 aromatic carbocycles. The maximum atomic E-state index is 10.5. The predicted molar refractivity (Wildman–Crippen MR) is 224 cm³/mol. The lowest BCUT2D eigenvalue weighted by atomic mass is 9.99. The van der Waals surface area contributed by atoms with Crippen LogP contribution in [0.3, 0.4) is 0 Å². The highest BCUT2D eigenvalue weighted by Crippen LogP contribution is 2.42. The van der Waals surface area contributed by atoms with Crippen LogP contribution in [0.1, 0.15) is 11.1 Å². The lowest BCUT2D eigenvalue weighted by Crippen LogP contribution is -2.02. The van der Waals surface area contributed by atoms with Crippen molar-refractivity contribution in [3.63, 3.8) is 0 Å². The molecule has 0 aliphatic rings. The minimum atomic E-state index is 0.537. The number of nitrogens with zero attached hydrogens (tertiary/aromatic N) is 5. The molecule has 0 spiro atoms. The molecule has 0 atom stereocenters. The molecule has 254 valence electrons. The molecule has 11 aromatic rings. The third-order valence-electron chi connectivity index (χ3n) is 11.1. The van der Waals surface area contributed by atoms with Gasteiger partial charge in [0.15, 0.2) is 0 Å². The van der Waals surface area contributed by atoms with Crippen molar-refractivity contribution in [3.05, 3.63) is 187 Å². The smallest absolute Gasteiger partial charge is 0.101 e. The molecule has 5 nitrogen and oxygen atoms in total. The number of para-hydroxylation sites is 7. The minimum absolute atomic E-state index is 0.537. The van der Waals surface area contributed by atoms with Crippen LogP contribution in [0.2, 0.25) is 0 Å². The van der Waals surface area contributed by atoms with Crippen LogP contribution in [0, 0.1) is 22.7 Å². The third-order valence-corrected chi connectivity index (χ3v) is 11.1. The number of aromatic nitrogens is 3. The molecule has 55 heavy (non-hydrogen) atoms. The largest absolute Gasteiger partial charge is 0.307 e. The lowest BCUT2D eigenvalue weighted by Gasteiger charge is -2.17. The standard InChI is InChI=1S/C50H29N5/c51-30-33-12-9-18-36(48(33)55-46-24-8-4-16-39(46)41-19-10-13-34(31-52)49(41)55)32-26-28-35(29-27-32)53-43-21-5-3-17-40(43)42-20-11-25-47(50(42)53)54-44-22-6-1-14-37(44)38-15-2-7-23-45(38)54/h1-29H. The molecule has 0 bridgehead atoms. The molecule has 0 aliphatic heterocycles. The lowest BCUT2D eigenvalue weighted by molar-refractivity contribution is 1.13. The fourth-order valence-corrected chi connectivity index (χ4v) is 8.87. The van der Waals surface area contributed by atoms with Crippen molar-refractivity contribution in [3.8, 4) is 40.3 Å². The second-order valence-corrected chi connectivity index (χ2v) is 13.9. The average Bonchev–Trinajstić information content (AvgIpc) is 3.89. The van der Waals surface area contributed by atoms with Gasteiger partial charge in [0, 0.05) is 43.6 Å². The first kappa shape index (κ1) is 30.7. The van der Waals surface area contributed by atoms with Crippen molar-refractivity contribution in [2.24, 2.45) is 0 Å². The fraction of sp³-hybridized carbons (Fsp3) is 0. The van der Waals surface area contributed by atoms with Crippen molar-refractivity contribution in [2.45, 2.75) is 0 Å². The van der Waals surface area contributed by atoms with Crippen molar-refractivity contribution < 1.29 is 0 Å². The number of hydrogen-bond acceptors (Lipinski definition) is 2. The van der Waals surface area contributed by atoms with Gasteiger partial charge < -0.3 is 13.7 Å². The maximum Gasteiger partial charge on any atom is 0.101 e. The monoisotopic (exact) mass is 699 g/mol. The number of fused-ring (bicyclic) bond motifs is 9. The highest BCUT2D eigenvalue weighted by Gasteiger charge is 2.22. The van der Waals surface area contributed by atoms with Crippen LogP contribution in [0.25, 0.3) is 93.6 Å². The summed E-state index contributed by atoms with van der Waals surface area (Å²) in [5, 5.41) is 27.6. The van der Waals surface area contributed by atoms with Gasteiger partial charge in [0.05, 0.1) is 55.6 Å². The Morgan fingerprint density at radius 2 is 0.800 bits per heavy atom. The van der Waals surface area contributed by atoms with Gasteiger partial charge in [-0.2, -0.15) is 10.5 Å². The Kier molecular flexibility index (Phi) is 6.61. The van der Waals surface area contributed by atoms with Crippen LogP contribution >= 0.6 is 0 Å². The van der Waals surface area contributed by atoms with Crippen molar-refractivity contribution in [1.29, 1.82) is 10.5 Å². The Bertz CT molecular complexity index is 3400. The van der Waals surface area contributed by atoms with Crippen LogP contribution in [0.15, 0.2) is 176 Å². The van der Waals surface area contributed by atoms with Gasteiger partial charge in [-0.25, -0.2) is 0 Å². The molecule has 5 heteroatoms. The summed E-state index contributed by atoms with van der Waals surface area (Å²) >= 11 is 0. The Labute approximate surface area is 316 Å². The maximum absolute atomic E-state index is 10.5. The summed E-state index contributed by atoms with van der Waals surface area (Å²) in [6, 6.07) is 65.9. The van der Waals surface area contributed by atoms with Gasteiger partial charge in [0.25, 0.3) is 0 Å². The molecule has 11 rings (SSSR count). The predicted octanol–water partition coefficient (Wildman–Crippen LogP) is 12.4. The molecule has 0 aliphatic carbocycles. The Balaban J connectivity index is 1.16. The molecule has 0 saturated heterocycles. The van der Waals surface area contributed by atoms with Gasteiger partial charge in [-0.15, -0.1) is 0 Å². The summed E-state index contributed by atoms with van der Waals surface area (Å²) in [7, 11) is 0. The third kappa shape index (κ3) is 4.33. The molecule has 0 fully saturated rings. The Hall–Kier alpha value is -7.86. The second kappa shape index (κ2) is 11.8. The van der Waals surface area contributed by atoms with E-state index in [4.69, 9.17) is 0 Å². The molecule has 3 heterocycles. The quantitative estimate of drug-likeness (QED) is 0.184. The zero-order valence-corrected chi connectivity index (χ0v) is 29.5. The van der Waals surface area contributed by atoms with E-state index in [0.717, 1.165) is 72.1 Å². The summed E-state index contributed by atoms with van der Waals surface area (Å²) in [4.78, 5) is 0. The van der Waals surface area contributed by atoms with Crippen LogP contribution in [-0.4, -0.2) is 13.7 Å². The zero-order chi connectivity index (χ0) is 36.6. The average molecular weight is 700 g/mol. The molecular weight excluding hydrogens is 671 g/mol. The van der Waals surface area contributed by atoms with E-state index in [-0.39, 0.29) is 0 Å². The van der Waals surface area contributed by atoms with Gasteiger partial charge in [0.1, 0.15) is 12.1 Å². The summed E-state index contributed by atoms with van der Waals surface area (Å²) in [6.07, 6.45) is 0. The first-order chi connectivity index (χ1) is 27.2. The Morgan fingerprint density at radius 3 is 1.40 bits per heavy atom. The summed E-state index contributed by atoms with van der Waals surface area (Å²) in [5.74, 6) is 0. The van der Waals surface area contributed by atoms with E-state index in [1.54, 1.807) is 0 Å². The van der Waals surface area contributed by atoms with Crippen molar-refractivity contribution in [2.75, 3.05) is 0 Å². The van der Waals surface area contributed by atoms with Crippen LogP contribution in [0.5, 0.6) is 0 Å². The number of hydrogen-bond donors (Lipinski definition) is 0. The highest BCUT2D eigenvalue weighted by atomic mass is 15.1. The normalized spacial score (nSPS) is 11.6. The summed E-state index contributed by atoms with van der Waals surface area (Å²) in [5.41, 5.74) is 12.2. The first-order valence-corrected chi connectivity index (χ1v) is 18.3. The fourth-order valence-electron chi connectivity index (χ4n) is 8.87. The summed E-state index contributed by atoms with van der Waals surface area (Å²) in [6.45, 7) is 0. The van der Waals surface area contributed by atoms with E-state index in [9.17, 15) is 10.5 Å². The van der Waals surface area contributed by atoms with E-state index in [1.807, 2.05) is 36.4 Å². The van der Waals surface area contributed by atoms with Gasteiger partial charge in [-0.05, 0) is 60.2 Å². The van der Waals surface area contributed by atoms with E-state index in [2.05, 4.69) is 165 Å². The first-order valence-electron chi connectivity index (χ1n) is 18.3. The SMILES string of the molecule is N#Cc1cccc(-c2ccc(-n3c4ccccc4c4cccc(-n5c6ccccc6c6ccccc65)c43)cc2)c1-n1c2ccccc2c2cccc(C#N)c21. The van der Waals surface area contributed by atoms with Crippen LogP contribution < -0.4 is 0 Å². The van der Waals surface area contributed by atoms with Gasteiger partial charge in [-0.1, -0.05) is 121 Å². The Morgan fingerprint density at radius 1 is 0.345 bits per heavy atom. The van der Waals surface area contributed by atoms with Crippen molar-refractivity contribution >= 4 is 65.4 Å². The second-order valence-electron chi connectivity index (χ2n) is 13.9. The molecule has 0 radical (unpaired) electrons. The topological polar surface area (TPSA) is 62.4 Å².